The average molecular weight is 402 g/mol. The van der Waals surface area contributed by atoms with Crippen molar-refractivity contribution in [3.05, 3.63) is 59.1 Å². The number of amides is 1. The third kappa shape index (κ3) is 4.01. The molecule has 1 saturated heterocycles. The van der Waals surface area contributed by atoms with Crippen molar-refractivity contribution >= 4 is 17.5 Å². The van der Waals surface area contributed by atoms with E-state index in [-0.39, 0.29) is 16.8 Å². The molecular weight excluding hydrogens is 385 g/mol. The zero-order valence-electron chi connectivity index (χ0n) is 14.9. The number of benzene rings is 1. The van der Waals surface area contributed by atoms with Gasteiger partial charge in [-0.25, -0.2) is 9.37 Å². The number of carbonyl (C=O) groups is 1. The Balaban J connectivity index is 1.43. The van der Waals surface area contributed by atoms with Crippen molar-refractivity contribution in [2.75, 3.05) is 13.1 Å². The van der Waals surface area contributed by atoms with Crippen molar-refractivity contribution in [3.8, 4) is 11.5 Å². The van der Waals surface area contributed by atoms with Crippen LogP contribution in [0.2, 0.25) is 5.02 Å². The predicted octanol–water partition coefficient (Wildman–Crippen LogP) is 3.41. The van der Waals surface area contributed by atoms with E-state index in [1.54, 1.807) is 23.5 Å². The molecule has 2 aromatic heterocycles. The molecule has 3 aromatic rings. The molecule has 144 valence electrons. The number of halogens is 2. The van der Waals surface area contributed by atoms with Crippen LogP contribution in [0.4, 0.5) is 4.39 Å². The molecule has 1 aliphatic rings. The summed E-state index contributed by atoms with van der Waals surface area (Å²) in [5.74, 6) is 0.422. The maximum atomic E-state index is 13.2. The van der Waals surface area contributed by atoms with Crippen molar-refractivity contribution < 1.29 is 13.7 Å². The van der Waals surface area contributed by atoms with E-state index in [4.69, 9.17) is 16.1 Å². The van der Waals surface area contributed by atoms with Gasteiger partial charge in [-0.3, -0.25) is 9.78 Å². The highest BCUT2D eigenvalue weighted by molar-refractivity contribution is 6.33. The Hall–Kier alpha value is -2.87. The molecule has 0 saturated carbocycles. The van der Waals surface area contributed by atoms with Gasteiger partial charge < -0.3 is 9.42 Å². The molecule has 0 bridgehead atoms. The first-order valence-electron chi connectivity index (χ1n) is 8.93. The standard InChI is InChI=1S/C19H17ClFN5O2/c20-15-9-13(21)3-4-14(15)19(27)26-7-1-2-12(11-26)8-17-24-18(25-28-17)16-10-22-5-6-23-16/h3-6,9-10,12H,1-2,7-8,11H2. The van der Waals surface area contributed by atoms with Gasteiger partial charge in [0.1, 0.15) is 11.5 Å². The Labute approximate surface area is 165 Å². The lowest BCUT2D eigenvalue weighted by atomic mass is 9.94. The second-order valence-corrected chi connectivity index (χ2v) is 7.10. The molecule has 7 nitrogen and oxygen atoms in total. The summed E-state index contributed by atoms with van der Waals surface area (Å²) in [5, 5.41) is 4.07. The number of likely N-dealkylation sites (tertiary alicyclic amines) is 1. The summed E-state index contributed by atoms with van der Waals surface area (Å²) in [6.45, 7) is 1.19. The van der Waals surface area contributed by atoms with Gasteiger partial charge in [0.25, 0.3) is 5.91 Å². The lowest BCUT2D eigenvalue weighted by molar-refractivity contribution is 0.0668. The summed E-state index contributed by atoms with van der Waals surface area (Å²) in [6.07, 6.45) is 7.09. The van der Waals surface area contributed by atoms with E-state index in [2.05, 4.69) is 20.1 Å². The van der Waals surface area contributed by atoms with Gasteiger partial charge in [0.2, 0.25) is 11.7 Å². The first kappa shape index (κ1) is 18.5. The van der Waals surface area contributed by atoms with E-state index in [0.717, 1.165) is 18.9 Å². The van der Waals surface area contributed by atoms with Crippen LogP contribution in [0, 0.1) is 11.7 Å². The van der Waals surface area contributed by atoms with Crippen LogP contribution >= 0.6 is 11.6 Å². The molecule has 9 heteroatoms. The zero-order chi connectivity index (χ0) is 19.5. The number of hydrogen-bond acceptors (Lipinski definition) is 6. The summed E-state index contributed by atoms with van der Waals surface area (Å²) < 4.78 is 18.6. The fourth-order valence-corrected chi connectivity index (χ4v) is 3.60. The Morgan fingerprint density at radius 2 is 2.25 bits per heavy atom. The quantitative estimate of drug-likeness (QED) is 0.666. The number of piperidine rings is 1. The maximum Gasteiger partial charge on any atom is 0.255 e. The van der Waals surface area contributed by atoms with Crippen LogP contribution in [0.3, 0.4) is 0 Å². The summed E-state index contributed by atoms with van der Waals surface area (Å²) in [5.41, 5.74) is 0.857. The number of aromatic nitrogens is 4. The monoisotopic (exact) mass is 401 g/mol. The van der Waals surface area contributed by atoms with E-state index < -0.39 is 5.82 Å². The second kappa shape index (κ2) is 8.02. The lowest BCUT2D eigenvalue weighted by Crippen LogP contribution is -2.40. The van der Waals surface area contributed by atoms with Crippen LogP contribution in [-0.4, -0.2) is 44.0 Å². The molecule has 0 spiro atoms. The highest BCUT2D eigenvalue weighted by Gasteiger charge is 2.27. The van der Waals surface area contributed by atoms with E-state index in [1.165, 1.54) is 12.1 Å². The van der Waals surface area contributed by atoms with Crippen LogP contribution in [0.1, 0.15) is 29.1 Å². The minimum absolute atomic E-state index is 0.123. The van der Waals surface area contributed by atoms with Crippen molar-refractivity contribution in [3.63, 3.8) is 0 Å². The van der Waals surface area contributed by atoms with Gasteiger partial charge in [-0.05, 0) is 37.0 Å². The van der Waals surface area contributed by atoms with Crippen molar-refractivity contribution in [2.45, 2.75) is 19.3 Å². The molecule has 1 fully saturated rings. The van der Waals surface area contributed by atoms with E-state index in [1.807, 2.05) is 0 Å². The first-order valence-corrected chi connectivity index (χ1v) is 9.31. The molecule has 1 aromatic carbocycles. The number of rotatable bonds is 4. The van der Waals surface area contributed by atoms with Gasteiger partial charge in [-0.2, -0.15) is 4.98 Å². The SMILES string of the molecule is O=C(c1ccc(F)cc1Cl)N1CCCC(Cc2nc(-c3cnccn3)no2)C1. The van der Waals surface area contributed by atoms with Gasteiger partial charge in [0.15, 0.2) is 0 Å². The second-order valence-electron chi connectivity index (χ2n) is 6.69. The smallest absolute Gasteiger partial charge is 0.255 e. The highest BCUT2D eigenvalue weighted by Crippen LogP contribution is 2.25. The summed E-state index contributed by atoms with van der Waals surface area (Å²) in [6, 6.07) is 3.82. The van der Waals surface area contributed by atoms with E-state index in [9.17, 15) is 9.18 Å². The largest absolute Gasteiger partial charge is 0.339 e. The van der Waals surface area contributed by atoms with Gasteiger partial charge in [-0.1, -0.05) is 16.8 Å². The van der Waals surface area contributed by atoms with Crippen LogP contribution in [-0.2, 0) is 6.42 Å². The fourth-order valence-electron chi connectivity index (χ4n) is 3.35. The maximum absolute atomic E-state index is 13.2. The topological polar surface area (TPSA) is 85.0 Å². The summed E-state index contributed by atoms with van der Waals surface area (Å²) >= 11 is 6.04. The molecule has 4 rings (SSSR count). The minimum atomic E-state index is -0.464. The van der Waals surface area contributed by atoms with Gasteiger partial charge in [0, 0.05) is 31.9 Å². The van der Waals surface area contributed by atoms with Crippen LogP contribution in [0.25, 0.3) is 11.5 Å². The minimum Gasteiger partial charge on any atom is -0.339 e. The van der Waals surface area contributed by atoms with E-state index >= 15 is 0 Å². The Kier molecular flexibility index (Phi) is 5.29. The first-order chi connectivity index (χ1) is 13.6. The summed E-state index contributed by atoms with van der Waals surface area (Å²) in [4.78, 5) is 27.0. The van der Waals surface area contributed by atoms with Crippen molar-refractivity contribution in [2.24, 2.45) is 5.92 Å². The fraction of sp³-hybridized carbons (Fsp3) is 0.316. The van der Waals surface area contributed by atoms with Crippen LogP contribution in [0.15, 0.2) is 41.3 Å². The van der Waals surface area contributed by atoms with Crippen molar-refractivity contribution in [1.29, 1.82) is 0 Å². The Morgan fingerprint density at radius 3 is 3.04 bits per heavy atom. The summed E-state index contributed by atoms with van der Waals surface area (Å²) in [7, 11) is 0. The molecule has 0 radical (unpaired) electrons. The third-order valence-corrected chi connectivity index (χ3v) is 5.00. The number of hydrogen-bond donors (Lipinski definition) is 0. The van der Waals surface area contributed by atoms with Gasteiger partial charge >= 0.3 is 0 Å². The van der Waals surface area contributed by atoms with Crippen LogP contribution < -0.4 is 0 Å². The van der Waals surface area contributed by atoms with Gasteiger partial charge in [0.05, 0.1) is 16.8 Å². The molecule has 28 heavy (non-hydrogen) atoms. The molecule has 1 atom stereocenters. The molecule has 3 heterocycles. The number of nitrogens with zero attached hydrogens (tertiary/aromatic N) is 5. The average Bonchev–Trinajstić information content (AvgIpc) is 3.17. The number of carbonyl (C=O) groups excluding carboxylic acids is 1. The zero-order valence-corrected chi connectivity index (χ0v) is 15.6. The highest BCUT2D eigenvalue weighted by atomic mass is 35.5. The predicted molar refractivity (Wildman–Crippen MR) is 99.1 cm³/mol. The Bertz CT molecular complexity index is 981. The van der Waals surface area contributed by atoms with E-state index in [0.29, 0.717) is 42.5 Å². The molecule has 1 amide bonds. The molecule has 1 unspecified atom stereocenters. The molecular formula is C19H17ClFN5O2. The van der Waals surface area contributed by atoms with Crippen molar-refractivity contribution in [1.82, 2.24) is 25.0 Å². The normalized spacial score (nSPS) is 16.9. The molecule has 1 aliphatic heterocycles. The van der Waals surface area contributed by atoms with Gasteiger partial charge in [-0.15, -0.1) is 0 Å². The van der Waals surface area contributed by atoms with Crippen LogP contribution in [0.5, 0.6) is 0 Å². The third-order valence-electron chi connectivity index (χ3n) is 4.69. The lowest BCUT2D eigenvalue weighted by Gasteiger charge is -2.32. The Morgan fingerprint density at radius 1 is 1.36 bits per heavy atom. The molecule has 0 N–H and O–H groups in total. The molecule has 0 aliphatic carbocycles.